The molecule has 2 aliphatic carbocycles. The minimum Gasteiger partial charge on any atom is -0.481 e. The van der Waals surface area contributed by atoms with Gasteiger partial charge >= 0.3 is 12.0 Å². The summed E-state index contributed by atoms with van der Waals surface area (Å²) in [6.07, 6.45) is 7.93. The Labute approximate surface area is 267 Å². The average molecular weight is 623 g/mol. The molecular formula is C36H38N4O6. The lowest BCUT2D eigenvalue weighted by molar-refractivity contribution is -0.136. The number of imide groups is 1. The van der Waals surface area contributed by atoms with Gasteiger partial charge in [0.2, 0.25) is 0 Å². The fourth-order valence-corrected chi connectivity index (χ4v) is 6.26. The second-order valence-electron chi connectivity index (χ2n) is 12.5. The number of carboxylic acids is 1. The maximum atomic E-state index is 13.9. The zero-order valence-electron chi connectivity index (χ0n) is 25.7. The fourth-order valence-electron chi connectivity index (χ4n) is 6.26. The zero-order valence-corrected chi connectivity index (χ0v) is 25.7. The Morgan fingerprint density at radius 3 is 2.20 bits per heavy atom. The van der Waals surface area contributed by atoms with Crippen LogP contribution in [0.4, 0.5) is 16.2 Å². The van der Waals surface area contributed by atoms with Gasteiger partial charge in [-0.25, -0.2) is 4.79 Å². The lowest BCUT2D eigenvalue weighted by atomic mass is 9.84. The largest absolute Gasteiger partial charge is 0.481 e. The molecule has 3 N–H and O–H groups in total. The molecular weight excluding hydrogens is 584 g/mol. The Morgan fingerprint density at radius 2 is 1.52 bits per heavy atom. The molecule has 3 aromatic carbocycles. The number of hydrogen-bond donors (Lipinski definition) is 3. The van der Waals surface area contributed by atoms with E-state index in [-0.39, 0.29) is 37.2 Å². The van der Waals surface area contributed by atoms with Gasteiger partial charge in [0.1, 0.15) is 0 Å². The number of carboxylic acid groups (broad SMARTS) is 1. The first-order chi connectivity index (χ1) is 22.3. The van der Waals surface area contributed by atoms with Crippen LogP contribution in [0.3, 0.4) is 0 Å². The molecule has 6 rings (SSSR count). The van der Waals surface area contributed by atoms with Crippen LogP contribution >= 0.6 is 0 Å². The zero-order chi connectivity index (χ0) is 32.2. The van der Waals surface area contributed by atoms with E-state index in [1.807, 2.05) is 12.1 Å². The van der Waals surface area contributed by atoms with E-state index in [0.717, 1.165) is 31.2 Å². The van der Waals surface area contributed by atoms with Gasteiger partial charge < -0.3 is 15.7 Å². The number of benzene rings is 3. The van der Waals surface area contributed by atoms with Crippen molar-refractivity contribution in [2.45, 2.75) is 63.8 Å². The number of carbonyl (C=O) groups excluding carboxylic acids is 4. The van der Waals surface area contributed by atoms with E-state index in [1.165, 1.54) is 29.7 Å². The van der Waals surface area contributed by atoms with Gasteiger partial charge in [0.25, 0.3) is 17.7 Å². The number of carbonyl (C=O) groups is 5. The Bertz CT molecular complexity index is 1640. The van der Waals surface area contributed by atoms with Crippen molar-refractivity contribution in [1.82, 2.24) is 10.2 Å². The van der Waals surface area contributed by atoms with Gasteiger partial charge in [0, 0.05) is 30.0 Å². The first-order valence-electron chi connectivity index (χ1n) is 16.0. The van der Waals surface area contributed by atoms with Crippen LogP contribution in [0.1, 0.15) is 99.5 Å². The van der Waals surface area contributed by atoms with Crippen molar-refractivity contribution in [3.63, 3.8) is 0 Å². The molecule has 3 aromatic rings. The van der Waals surface area contributed by atoms with Crippen LogP contribution in [-0.4, -0.2) is 52.8 Å². The van der Waals surface area contributed by atoms with Gasteiger partial charge in [0.15, 0.2) is 0 Å². The van der Waals surface area contributed by atoms with E-state index in [4.69, 9.17) is 5.11 Å². The molecule has 238 valence electrons. The second kappa shape index (κ2) is 13.6. The molecule has 3 aliphatic rings. The van der Waals surface area contributed by atoms with Crippen LogP contribution in [0.25, 0.3) is 0 Å². The van der Waals surface area contributed by atoms with E-state index >= 15 is 0 Å². The third-order valence-corrected chi connectivity index (χ3v) is 9.07. The molecule has 0 unspecified atom stereocenters. The van der Waals surface area contributed by atoms with Gasteiger partial charge in [-0.05, 0) is 91.1 Å². The minimum atomic E-state index is -0.990. The summed E-state index contributed by atoms with van der Waals surface area (Å²) < 4.78 is 0. The van der Waals surface area contributed by atoms with Crippen LogP contribution in [0.5, 0.6) is 0 Å². The molecule has 0 atom stereocenters. The summed E-state index contributed by atoms with van der Waals surface area (Å²) in [5, 5.41) is 14.3. The molecule has 5 amide bonds. The standard InChI is InChI=1S/C36H38N4O6/c41-32(42)18-19-37-33(43)27-10-8-24(9-11-27)21-39(29-15-12-26(13-16-29)25-4-2-1-3-5-25)36(46)38-28-14-17-30-31(20-28)35(45)40(34(30)44)22-23-6-7-23/h8-17,20,23,25H,1-7,18-19,21-22H2,(H,37,43)(H,38,46)(H,41,42). The van der Waals surface area contributed by atoms with Gasteiger partial charge in [-0.15, -0.1) is 0 Å². The quantitative estimate of drug-likeness (QED) is 0.219. The molecule has 46 heavy (non-hydrogen) atoms. The number of nitrogens with zero attached hydrogens (tertiary/aromatic N) is 2. The van der Waals surface area contributed by atoms with Crippen LogP contribution in [0.15, 0.2) is 66.7 Å². The van der Waals surface area contributed by atoms with Crippen molar-refractivity contribution in [2.24, 2.45) is 5.92 Å². The lowest BCUT2D eigenvalue weighted by Crippen LogP contribution is -2.34. The van der Waals surface area contributed by atoms with Crippen LogP contribution in [0.2, 0.25) is 0 Å². The van der Waals surface area contributed by atoms with Crippen molar-refractivity contribution >= 4 is 41.1 Å². The van der Waals surface area contributed by atoms with E-state index < -0.39 is 12.0 Å². The fraction of sp³-hybridized carbons (Fsp3) is 0.361. The minimum absolute atomic E-state index is 0.0295. The van der Waals surface area contributed by atoms with Crippen molar-refractivity contribution in [2.75, 3.05) is 23.3 Å². The number of rotatable bonds is 11. The molecule has 2 saturated carbocycles. The first-order valence-corrected chi connectivity index (χ1v) is 16.0. The number of amides is 5. The SMILES string of the molecule is O=C(O)CCNC(=O)c1ccc(CN(C(=O)Nc2ccc3c(c2)C(=O)N(CC2CC2)C3=O)c2ccc(C3CCCCC3)cc2)cc1. The molecule has 0 radical (unpaired) electrons. The molecule has 0 spiro atoms. The maximum absolute atomic E-state index is 13.9. The Morgan fingerprint density at radius 1 is 0.826 bits per heavy atom. The number of nitrogens with one attached hydrogen (secondary N) is 2. The molecule has 0 bridgehead atoms. The molecule has 0 saturated heterocycles. The summed E-state index contributed by atoms with van der Waals surface area (Å²) in [4.78, 5) is 65.9. The maximum Gasteiger partial charge on any atom is 0.326 e. The van der Waals surface area contributed by atoms with E-state index in [1.54, 1.807) is 47.4 Å². The first kappa shape index (κ1) is 31.0. The average Bonchev–Trinajstić information content (AvgIpc) is 3.87. The topological polar surface area (TPSA) is 136 Å². The van der Waals surface area contributed by atoms with Crippen LogP contribution < -0.4 is 15.5 Å². The Kier molecular flexibility index (Phi) is 9.14. The molecule has 10 nitrogen and oxygen atoms in total. The summed E-state index contributed by atoms with van der Waals surface area (Å²) in [5.41, 5.74) is 4.18. The smallest absolute Gasteiger partial charge is 0.326 e. The van der Waals surface area contributed by atoms with Crippen molar-refractivity contribution in [3.05, 3.63) is 94.5 Å². The van der Waals surface area contributed by atoms with Crippen molar-refractivity contribution in [3.8, 4) is 0 Å². The summed E-state index contributed by atoms with van der Waals surface area (Å²) in [6, 6.07) is 19.3. The number of aliphatic carboxylic acids is 1. The van der Waals surface area contributed by atoms with Gasteiger partial charge in [-0.1, -0.05) is 43.5 Å². The number of fused-ring (bicyclic) bond motifs is 1. The van der Waals surface area contributed by atoms with Crippen LogP contribution in [0, 0.1) is 5.92 Å². The van der Waals surface area contributed by atoms with Gasteiger partial charge in [-0.2, -0.15) is 0 Å². The Balaban J connectivity index is 1.20. The number of anilines is 2. The molecule has 1 aliphatic heterocycles. The summed E-state index contributed by atoms with van der Waals surface area (Å²) in [6.45, 7) is 0.663. The normalized spacial score (nSPS) is 16.2. The highest BCUT2D eigenvalue weighted by molar-refractivity contribution is 6.22. The predicted octanol–water partition coefficient (Wildman–Crippen LogP) is 6.18. The molecule has 2 fully saturated rings. The molecule has 0 aromatic heterocycles. The number of hydrogen-bond acceptors (Lipinski definition) is 5. The highest BCUT2D eigenvalue weighted by atomic mass is 16.4. The predicted molar refractivity (Wildman–Crippen MR) is 173 cm³/mol. The van der Waals surface area contributed by atoms with Crippen molar-refractivity contribution in [1.29, 1.82) is 0 Å². The van der Waals surface area contributed by atoms with E-state index in [2.05, 4.69) is 22.8 Å². The third kappa shape index (κ3) is 7.11. The number of urea groups is 1. The Hall–Kier alpha value is -4.99. The van der Waals surface area contributed by atoms with Gasteiger partial charge in [0.05, 0.1) is 24.1 Å². The molecule has 1 heterocycles. The summed E-state index contributed by atoms with van der Waals surface area (Å²) in [7, 11) is 0. The van der Waals surface area contributed by atoms with Crippen LogP contribution in [-0.2, 0) is 11.3 Å². The van der Waals surface area contributed by atoms with E-state index in [9.17, 15) is 24.0 Å². The van der Waals surface area contributed by atoms with E-state index in [0.29, 0.717) is 46.4 Å². The van der Waals surface area contributed by atoms with Crippen molar-refractivity contribution < 1.29 is 29.1 Å². The molecule has 10 heteroatoms. The summed E-state index contributed by atoms with van der Waals surface area (Å²) >= 11 is 0. The highest BCUT2D eigenvalue weighted by Gasteiger charge is 2.39. The second-order valence-corrected chi connectivity index (χ2v) is 12.5. The summed E-state index contributed by atoms with van der Waals surface area (Å²) in [5.74, 6) is -1.09. The lowest BCUT2D eigenvalue weighted by Gasteiger charge is -2.26. The highest BCUT2D eigenvalue weighted by Crippen LogP contribution is 2.35. The van der Waals surface area contributed by atoms with Gasteiger partial charge in [-0.3, -0.25) is 29.0 Å². The monoisotopic (exact) mass is 622 g/mol. The third-order valence-electron chi connectivity index (χ3n) is 9.07.